The third-order valence-corrected chi connectivity index (χ3v) is 3.03. The average Bonchev–Trinajstić information content (AvgIpc) is 2.39. The summed E-state index contributed by atoms with van der Waals surface area (Å²) in [5.41, 5.74) is 1.00. The van der Waals surface area contributed by atoms with Crippen molar-refractivity contribution in [3.63, 3.8) is 0 Å². The van der Waals surface area contributed by atoms with Gasteiger partial charge in [-0.1, -0.05) is 48.5 Å². The van der Waals surface area contributed by atoms with Crippen molar-refractivity contribution in [3.8, 4) is 0 Å². The van der Waals surface area contributed by atoms with Crippen LogP contribution in [-0.2, 0) is 0 Å². The maximum Gasteiger partial charge on any atom is 0.113 e. The Kier molecular flexibility index (Phi) is 2.42. The molecule has 0 aliphatic carbocycles. The molecule has 0 bridgehead atoms. The molecule has 3 aromatic rings. The summed E-state index contributed by atoms with van der Waals surface area (Å²) in [6.07, 6.45) is 0. The Hall–Kier alpha value is -2.06. The first-order valence-electron chi connectivity index (χ1n) is 5.65. The van der Waals surface area contributed by atoms with Crippen molar-refractivity contribution >= 4 is 27.2 Å². The fraction of sp³-hybridized carbons (Fsp3) is 0.0667. The van der Waals surface area contributed by atoms with E-state index >= 15 is 0 Å². The lowest BCUT2D eigenvalue weighted by molar-refractivity contribution is 0.326. The number of aliphatic hydroxyl groups is 1. The second-order valence-electron chi connectivity index (χ2n) is 4.03. The normalized spacial score (nSPS) is 10.9. The molecule has 0 unspecified atom stereocenters. The molecule has 0 amide bonds. The molecule has 0 spiro atoms. The van der Waals surface area contributed by atoms with Gasteiger partial charge in [0.1, 0.15) is 6.73 Å². The maximum atomic E-state index is 9.13. The highest BCUT2D eigenvalue weighted by molar-refractivity contribution is 6.10. The van der Waals surface area contributed by atoms with Crippen LogP contribution >= 0.6 is 0 Å². The van der Waals surface area contributed by atoms with Crippen LogP contribution in [0.4, 0.5) is 5.69 Å². The summed E-state index contributed by atoms with van der Waals surface area (Å²) in [7, 11) is 0. The minimum atomic E-state index is -0.0575. The van der Waals surface area contributed by atoms with Gasteiger partial charge in [0, 0.05) is 10.8 Å². The van der Waals surface area contributed by atoms with Gasteiger partial charge >= 0.3 is 0 Å². The molecule has 84 valence electrons. The Balaban J connectivity index is 2.47. The molecular weight excluding hydrogens is 210 g/mol. The zero-order valence-electron chi connectivity index (χ0n) is 9.35. The van der Waals surface area contributed by atoms with Crippen molar-refractivity contribution in [3.05, 3.63) is 54.6 Å². The molecule has 0 saturated carbocycles. The topological polar surface area (TPSA) is 32.3 Å². The number of benzene rings is 3. The van der Waals surface area contributed by atoms with Crippen LogP contribution in [0.15, 0.2) is 54.6 Å². The number of fused-ring (bicyclic) bond motifs is 2. The Morgan fingerprint density at radius 3 is 1.88 bits per heavy atom. The first-order valence-corrected chi connectivity index (χ1v) is 5.65. The minimum absolute atomic E-state index is 0.0575. The molecule has 2 N–H and O–H groups in total. The van der Waals surface area contributed by atoms with Crippen LogP contribution in [0.1, 0.15) is 0 Å². The second kappa shape index (κ2) is 4.07. The maximum absolute atomic E-state index is 9.13. The zero-order chi connectivity index (χ0) is 11.7. The highest BCUT2D eigenvalue weighted by Gasteiger charge is 2.05. The van der Waals surface area contributed by atoms with Crippen LogP contribution in [0.5, 0.6) is 0 Å². The molecule has 0 aliphatic rings. The van der Waals surface area contributed by atoms with Gasteiger partial charge in [-0.3, -0.25) is 0 Å². The quantitative estimate of drug-likeness (QED) is 0.515. The summed E-state index contributed by atoms with van der Waals surface area (Å²) < 4.78 is 0. The van der Waals surface area contributed by atoms with Crippen molar-refractivity contribution in [1.29, 1.82) is 0 Å². The molecule has 3 rings (SSSR count). The molecule has 2 heteroatoms. The van der Waals surface area contributed by atoms with Crippen LogP contribution in [-0.4, -0.2) is 11.8 Å². The summed E-state index contributed by atoms with van der Waals surface area (Å²) in [5, 5.41) is 16.8. The summed E-state index contributed by atoms with van der Waals surface area (Å²) in [6, 6.07) is 18.6. The van der Waals surface area contributed by atoms with E-state index in [0.717, 1.165) is 16.5 Å². The molecule has 17 heavy (non-hydrogen) atoms. The lowest BCUT2D eigenvalue weighted by Gasteiger charge is -2.11. The molecule has 0 heterocycles. The van der Waals surface area contributed by atoms with Crippen molar-refractivity contribution in [1.82, 2.24) is 0 Å². The zero-order valence-corrected chi connectivity index (χ0v) is 9.35. The van der Waals surface area contributed by atoms with E-state index in [9.17, 15) is 0 Å². The van der Waals surface area contributed by atoms with Gasteiger partial charge < -0.3 is 10.4 Å². The van der Waals surface area contributed by atoms with E-state index in [-0.39, 0.29) is 6.73 Å². The van der Waals surface area contributed by atoms with Crippen LogP contribution in [0.25, 0.3) is 21.5 Å². The van der Waals surface area contributed by atoms with E-state index < -0.39 is 0 Å². The van der Waals surface area contributed by atoms with E-state index in [1.807, 2.05) is 24.3 Å². The summed E-state index contributed by atoms with van der Waals surface area (Å²) in [6.45, 7) is -0.0575. The molecule has 0 aromatic heterocycles. The summed E-state index contributed by atoms with van der Waals surface area (Å²) in [5.74, 6) is 0. The van der Waals surface area contributed by atoms with Gasteiger partial charge in [0.25, 0.3) is 0 Å². The molecule has 0 fully saturated rings. The van der Waals surface area contributed by atoms with Crippen molar-refractivity contribution in [2.24, 2.45) is 0 Å². The van der Waals surface area contributed by atoms with Gasteiger partial charge in [-0.2, -0.15) is 0 Å². The van der Waals surface area contributed by atoms with Crippen LogP contribution in [0, 0.1) is 0 Å². The standard InChI is InChI=1S/C15H13NO/c17-10-16-15-13-7-3-1-5-11(13)9-12-6-2-4-8-14(12)15/h1-9,16-17H,10H2. The van der Waals surface area contributed by atoms with E-state index in [2.05, 4.69) is 35.6 Å². The lowest BCUT2D eigenvalue weighted by Crippen LogP contribution is -2.00. The molecule has 3 aromatic carbocycles. The summed E-state index contributed by atoms with van der Waals surface area (Å²) in [4.78, 5) is 0. The van der Waals surface area contributed by atoms with Gasteiger partial charge in [-0.05, 0) is 16.8 Å². The van der Waals surface area contributed by atoms with Gasteiger partial charge in [-0.25, -0.2) is 0 Å². The van der Waals surface area contributed by atoms with Gasteiger partial charge in [-0.15, -0.1) is 0 Å². The smallest absolute Gasteiger partial charge is 0.113 e. The molecule has 0 saturated heterocycles. The van der Waals surface area contributed by atoms with Crippen LogP contribution in [0.2, 0.25) is 0 Å². The summed E-state index contributed by atoms with van der Waals surface area (Å²) >= 11 is 0. The Morgan fingerprint density at radius 2 is 1.35 bits per heavy atom. The van der Waals surface area contributed by atoms with Crippen molar-refractivity contribution < 1.29 is 5.11 Å². The number of hydrogen-bond acceptors (Lipinski definition) is 2. The number of aliphatic hydroxyl groups excluding tert-OH is 1. The van der Waals surface area contributed by atoms with Crippen molar-refractivity contribution in [2.75, 3.05) is 12.0 Å². The number of nitrogens with one attached hydrogen (secondary N) is 1. The third kappa shape index (κ3) is 1.63. The van der Waals surface area contributed by atoms with Crippen molar-refractivity contribution in [2.45, 2.75) is 0 Å². The molecular formula is C15H13NO. The van der Waals surface area contributed by atoms with Crippen LogP contribution in [0.3, 0.4) is 0 Å². The van der Waals surface area contributed by atoms with E-state index in [1.54, 1.807) is 0 Å². The van der Waals surface area contributed by atoms with E-state index in [0.29, 0.717) is 0 Å². The fourth-order valence-electron chi connectivity index (χ4n) is 2.28. The second-order valence-corrected chi connectivity index (χ2v) is 4.03. The minimum Gasteiger partial charge on any atom is -0.377 e. The fourth-order valence-corrected chi connectivity index (χ4v) is 2.28. The van der Waals surface area contributed by atoms with Gasteiger partial charge in [0.2, 0.25) is 0 Å². The predicted molar refractivity (Wildman–Crippen MR) is 72.2 cm³/mol. The SMILES string of the molecule is OCNc1c2ccccc2cc2ccccc12. The predicted octanol–water partition coefficient (Wildman–Crippen LogP) is 3.35. The van der Waals surface area contributed by atoms with E-state index in [1.165, 1.54) is 10.8 Å². The molecule has 2 nitrogen and oxygen atoms in total. The van der Waals surface area contributed by atoms with Crippen LogP contribution < -0.4 is 5.32 Å². The average molecular weight is 223 g/mol. The first-order chi connectivity index (χ1) is 8.40. The van der Waals surface area contributed by atoms with Gasteiger partial charge in [0.05, 0.1) is 5.69 Å². The molecule has 0 radical (unpaired) electrons. The molecule has 0 aliphatic heterocycles. The number of anilines is 1. The van der Waals surface area contributed by atoms with Gasteiger partial charge in [0.15, 0.2) is 0 Å². The first kappa shape index (κ1) is 10.1. The highest BCUT2D eigenvalue weighted by Crippen LogP contribution is 2.32. The molecule has 0 atom stereocenters. The Morgan fingerprint density at radius 1 is 0.824 bits per heavy atom. The monoisotopic (exact) mass is 223 g/mol. The third-order valence-electron chi connectivity index (χ3n) is 3.03. The largest absolute Gasteiger partial charge is 0.377 e. The number of rotatable bonds is 2. The van der Waals surface area contributed by atoms with E-state index in [4.69, 9.17) is 5.11 Å². The lowest BCUT2D eigenvalue weighted by atomic mass is 10.0. The Labute approximate surface area is 99.5 Å². The number of hydrogen-bond donors (Lipinski definition) is 2. The Bertz CT molecular complexity index is 622. The highest BCUT2D eigenvalue weighted by atomic mass is 16.3.